The van der Waals surface area contributed by atoms with Gasteiger partial charge in [0.2, 0.25) is 0 Å². The molecule has 1 aromatic carbocycles. The number of fused-ring (bicyclic) bond motifs is 2. The topological polar surface area (TPSA) is 81.8 Å². The molecular formula is C17H15N5O2S. The number of aromatic nitrogens is 4. The van der Waals surface area contributed by atoms with E-state index in [0.717, 1.165) is 20.3 Å². The Balaban J connectivity index is 1.99. The molecule has 0 amide bonds. The first-order chi connectivity index (χ1) is 12.0. The zero-order chi connectivity index (χ0) is 17.7. The van der Waals surface area contributed by atoms with Crippen LogP contribution in [-0.4, -0.2) is 19.1 Å². The van der Waals surface area contributed by atoms with E-state index in [0.29, 0.717) is 21.9 Å². The van der Waals surface area contributed by atoms with E-state index >= 15 is 0 Å². The lowest BCUT2D eigenvalue weighted by Crippen LogP contribution is -2.37. The summed E-state index contributed by atoms with van der Waals surface area (Å²) < 4.78 is 3.52. The van der Waals surface area contributed by atoms with Gasteiger partial charge in [0.1, 0.15) is 5.39 Å². The molecule has 4 aromatic rings. The number of aryl methyl sites for hydroxylation is 2. The van der Waals surface area contributed by atoms with Crippen LogP contribution in [0.2, 0.25) is 0 Å². The van der Waals surface area contributed by atoms with Crippen LogP contribution in [0.15, 0.2) is 40.1 Å². The van der Waals surface area contributed by atoms with E-state index in [1.54, 1.807) is 13.2 Å². The third-order valence-corrected chi connectivity index (χ3v) is 5.14. The molecule has 25 heavy (non-hydrogen) atoms. The molecule has 0 saturated heterocycles. The Labute approximate surface area is 146 Å². The van der Waals surface area contributed by atoms with Gasteiger partial charge < -0.3 is 5.32 Å². The Kier molecular flexibility index (Phi) is 3.43. The summed E-state index contributed by atoms with van der Waals surface area (Å²) in [6, 6.07) is 7.84. The molecule has 3 heterocycles. The van der Waals surface area contributed by atoms with E-state index in [4.69, 9.17) is 0 Å². The molecule has 0 unspecified atom stereocenters. The predicted molar refractivity (Wildman–Crippen MR) is 99.9 cm³/mol. The van der Waals surface area contributed by atoms with Gasteiger partial charge in [0.15, 0.2) is 10.8 Å². The highest BCUT2D eigenvalue weighted by Gasteiger charge is 2.16. The number of rotatable bonds is 2. The van der Waals surface area contributed by atoms with Crippen molar-refractivity contribution >= 4 is 43.4 Å². The zero-order valence-electron chi connectivity index (χ0n) is 13.9. The van der Waals surface area contributed by atoms with Crippen molar-refractivity contribution in [2.75, 3.05) is 5.32 Å². The summed E-state index contributed by atoms with van der Waals surface area (Å²) in [4.78, 5) is 33.7. The maximum absolute atomic E-state index is 12.7. The third kappa shape index (κ3) is 2.33. The third-order valence-electron chi connectivity index (χ3n) is 4.18. The Hall–Kier alpha value is -3.00. The number of benzene rings is 1. The SMILES string of the molecule is Cc1cnc2c(c1Nc1nc3ccccc3s1)c(=O)n(C)c(=O)n2C. The monoisotopic (exact) mass is 353 g/mol. The smallest absolute Gasteiger partial charge is 0.330 e. The fraction of sp³-hybridized carbons (Fsp3) is 0.176. The molecule has 1 N–H and O–H groups in total. The van der Waals surface area contributed by atoms with Crippen LogP contribution >= 0.6 is 11.3 Å². The zero-order valence-corrected chi connectivity index (χ0v) is 14.7. The molecule has 7 nitrogen and oxygen atoms in total. The lowest BCUT2D eigenvalue weighted by molar-refractivity contribution is 0.707. The fourth-order valence-corrected chi connectivity index (χ4v) is 3.69. The number of nitrogens with one attached hydrogen (secondary N) is 1. The van der Waals surface area contributed by atoms with Crippen LogP contribution in [0.25, 0.3) is 21.3 Å². The number of anilines is 2. The number of hydrogen-bond donors (Lipinski definition) is 1. The molecular weight excluding hydrogens is 338 g/mol. The summed E-state index contributed by atoms with van der Waals surface area (Å²) in [5.41, 5.74) is 1.90. The summed E-state index contributed by atoms with van der Waals surface area (Å²) >= 11 is 1.51. The second kappa shape index (κ2) is 5.52. The molecule has 0 bridgehead atoms. The maximum atomic E-state index is 12.7. The van der Waals surface area contributed by atoms with Crippen LogP contribution in [-0.2, 0) is 14.1 Å². The van der Waals surface area contributed by atoms with Crippen molar-refractivity contribution in [2.24, 2.45) is 14.1 Å². The van der Waals surface area contributed by atoms with Crippen LogP contribution in [0.3, 0.4) is 0 Å². The van der Waals surface area contributed by atoms with E-state index in [9.17, 15) is 9.59 Å². The molecule has 4 rings (SSSR count). The quantitative estimate of drug-likeness (QED) is 0.598. The van der Waals surface area contributed by atoms with E-state index < -0.39 is 5.69 Å². The minimum atomic E-state index is -0.403. The highest BCUT2D eigenvalue weighted by atomic mass is 32.1. The summed E-state index contributed by atoms with van der Waals surface area (Å²) in [5, 5.41) is 4.32. The normalized spacial score (nSPS) is 11.3. The second-order valence-corrected chi connectivity index (χ2v) is 6.86. The number of thiazole rings is 1. The molecule has 0 saturated carbocycles. The number of pyridine rings is 1. The Morgan fingerprint density at radius 3 is 2.64 bits per heavy atom. The van der Waals surface area contributed by atoms with Crippen LogP contribution in [0.5, 0.6) is 0 Å². The molecule has 0 spiro atoms. The fourth-order valence-electron chi connectivity index (χ4n) is 2.82. The number of hydrogen-bond acceptors (Lipinski definition) is 6. The largest absolute Gasteiger partial charge is 0.332 e. The Bertz CT molecular complexity index is 1220. The number of nitrogens with zero attached hydrogens (tertiary/aromatic N) is 4. The standard InChI is InChI=1S/C17H15N5O2S/c1-9-8-18-14-12(15(23)22(3)17(24)21(14)2)13(9)20-16-19-10-6-4-5-7-11(10)25-16/h4-8H,1-3H3,(H,18,19,20). The lowest BCUT2D eigenvalue weighted by atomic mass is 10.2. The van der Waals surface area contributed by atoms with Crippen LogP contribution in [0.1, 0.15) is 5.56 Å². The maximum Gasteiger partial charge on any atom is 0.332 e. The van der Waals surface area contributed by atoms with Crippen molar-refractivity contribution in [1.82, 2.24) is 19.1 Å². The van der Waals surface area contributed by atoms with E-state index in [2.05, 4.69) is 15.3 Å². The van der Waals surface area contributed by atoms with Crippen molar-refractivity contribution in [2.45, 2.75) is 6.92 Å². The van der Waals surface area contributed by atoms with Crippen LogP contribution < -0.4 is 16.6 Å². The van der Waals surface area contributed by atoms with E-state index in [1.807, 2.05) is 31.2 Å². The first-order valence-corrected chi connectivity index (χ1v) is 8.47. The van der Waals surface area contributed by atoms with Crippen LogP contribution in [0, 0.1) is 6.92 Å². The number of para-hydroxylation sites is 1. The predicted octanol–water partition coefficient (Wildman–Crippen LogP) is 2.29. The summed E-state index contributed by atoms with van der Waals surface area (Å²) in [5.74, 6) is 0. The molecule has 0 aliphatic rings. The average Bonchev–Trinajstić information content (AvgIpc) is 3.02. The van der Waals surface area contributed by atoms with Gasteiger partial charge in [-0.15, -0.1) is 0 Å². The summed E-state index contributed by atoms with van der Waals surface area (Å²) in [6.45, 7) is 1.87. The minimum absolute atomic E-state index is 0.349. The lowest BCUT2D eigenvalue weighted by Gasteiger charge is -2.13. The Morgan fingerprint density at radius 2 is 1.88 bits per heavy atom. The molecule has 8 heteroatoms. The molecule has 0 radical (unpaired) electrons. The van der Waals surface area contributed by atoms with Crippen molar-refractivity contribution in [3.63, 3.8) is 0 Å². The van der Waals surface area contributed by atoms with Gasteiger partial charge in [0.05, 0.1) is 15.9 Å². The summed E-state index contributed by atoms with van der Waals surface area (Å²) in [6.07, 6.45) is 1.65. The molecule has 0 fully saturated rings. The average molecular weight is 353 g/mol. The first kappa shape index (κ1) is 15.5. The highest BCUT2D eigenvalue weighted by Crippen LogP contribution is 2.31. The Morgan fingerprint density at radius 1 is 1.12 bits per heavy atom. The molecule has 3 aromatic heterocycles. The van der Waals surface area contributed by atoms with Gasteiger partial charge in [0.25, 0.3) is 5.56 Å². The van der Waals surface area contributed by atoms with Crippen molar-refractivity contribution in [3.8, 4) is 0 Å². The first-order valence-electron chi connectivity index (χ1n) is 7.65. The summed E-state index contributed by atoms with van der Waals surface area (Å²) in [7, 11) is 3.07. The van der Waals surface area contributed by atoms with Crippen LogP contribution in [0.4, 0.5) is 10.8 Å². The van der Waals surface area contributed by atoms with Gasteiger partial charge >= 0.3 is 5.69 Å². The van der Waals surface area contributed by atoms with E-state index in [1.165, 1.54) is 23.0 Å². The van der Waals surface area contributed by atoms with Gasteiger partial charge in [-0.3, -0.25) is 13.9 Å². The minimum Gasteiger partial charge on any atom is -0.330 e. The van der Waals surface area contributed by atoms with Gasteiger partial charge in [-0.25, -0.2) is 14.8 Å². The van der Waals surface area contributed by atoms with Gasteiger partial charge in [-0.1, -0.05) is 23.5 Å². The molecule has 0 aliphatic heterocycles. The van der Waals surface area contributed by atoms with Gasteiger partial charge in [-0.2, -0.15) is 0 Å². The molecule has 0 aliphatic carbocycles. The van der Waals surface area contributed by atoms with Crippen molar-refractivity contribution < 1.29 is 0 Å². The second-order valence-electron chi connectivity index (χ2n) is 5.83. The van der Waals surface area contributed by atoms with Crippen molar-refractivity contribution in [3.05, 3.63) is 56.9 Å². The van der Waals surface area contributed by atoms with Gasteiger partial charge in [-0.05, 0) is 24.6 Å². The van der Waals surface area contributed by atoms with Crippen molar-refractivity contribution in [1.29, 1.82) is 0 Å². The molecule has 0 atom stereocenters. The molecule has 126 valence electrons. The van der Waals surface area contributed by atoms with Gasteiger partial charge in [0, 0.05) is 20.3 Å². The van der Waals surface area contributed by atoms with E-state index in [-0.39, 0.29) is 5.56 Å². The highest BCUT2D eigenvalue weighted by molar-refractivity contribution is 7.22.